The van der Waals surface area contributed by atoms with Gasteiger partial charge < -0.3 is 15.4 Å². The molecule has 2 atom stereocenters. The molecule has 136 valence electrons. The van der Waals surface area contributed by atoms with Crippen molar-refractivity contribution < 1.29 is 13.9 Å². The van der Waals surface area contributed by atoms with Crippen molar-refractivity contribution >= 4 is 5.91 Å². The summed E-state index contributed by atoms with van der Waals surface area (Å²) in [6.45, 7) is 7.01. The van der Waals surface area contributed by atoms with E-state index in [1.165, 1.54) is 12.1 Å². The zero-order chi connectivity index (χ0) is 18.2. The van der Waals surface area contributed by atoms with Crippen LogP contribution in [0.3, 0.4) is 0 Å². The lowest BCUT2D eigenvalue weighted by Crippen LogP contribution is -2.42. The van der Waals surface area contributed by atoms with Gasteiger partial charge in [-0.1, -0.05) is 0 Å². The summed E-state index contributed by atoms with van der Waals surface area (Å²) < 4.78 is 20.1. The van der Waals surface area contributed by atoms with E-state index in [4.69, 9.17) is 4.74 Å². The molecule has 7 heteroatoms. The van der Waals surface area contributed by atoms with Gasteiger partial charge in [-0.25, -0.2) is 4.39 Å². The first-order valence-electron chi connectivity index (χ1n) is 8.35. The molecule has 0 aliphatic rings. The number of aryl methyl sites for hydroxylation is 1. The number of benzene rings is 1. The topological polar surface area (TPSA) is 68.2 Å². The van der Waals surface area contributed by atoms with E-state index in [0.717, 1.165) is 5.56 Å². The standard InChI is InChI=1S/C18H25FN4O2/c1-13-10-22-23(12-13)15(3)14(2)21-11-18(24)20-8-9-25-17-6-4-16(19)5-7-17/h4-7,10,12,14-15,21H,8-9,11H2,1-3H3,(H,20,24)/t14-,15-/m0/s1. The first kappa shape index (κ1) is 18.9. The molecule has 0 aliphatic heterocycles. The van der Waals surface area contributed by atoms with Crippen molar-refractivity contribution in [1.82, 2.24) is 20.4 Å². The van der Waals surface area contributed by atoms with Gasteiger partial charge in [0.2, 0.25) is 5.91 Å². The fourth-order valence-corrected chi connectivity index (χ4v) is 2.26. The van der Waals surface area contributed by atoms with Crippen LogP contribution in [0.2, 0.25) is 0 Å². The van der Waals surface area contributed by atoms with Gasteiger partial charge in [-0.15, -0.1) is 0 Å². The van der Waals surface area contributed by atoms with Gasteiger partial charge in [0.05, 0.1) is 25.3 Å². The molecule has 0 fully saturated rings. The third-order valence-corrected chi connectivity index (χ3v) is 3.96. The molecule has 6 nitrogen and oxygen atoms in total. The second kappa shape index (κ2) is 9.17. The van der Waals surface area contributed by atoms with Crippen molar-refractivity contribution in [2.24, 2.45) is 0 Å². The molecule has 0 bridgehead atoms. The zero-order valence-corrected chi connectivity index (χ0v) is 14.8. The first-order chi connectivity index (χ1) is 12.0. The Morgan fingerprint density at radius 1 is 1.32 bits per heavy atom. The lowest BCUT2D eigenvalue weighted by Gasteiger charge is -2.21. The van der Waals surface area contributed by atoms with E-state index in [9.17, 15) is 9.18 Å². The van der Waals surface area contributed by atoms with Crippen LogP contribution in [0.25, 0.3) is 0 Å². The molecule has 2 rings (SSSR count). The number of aromatic nitrogens is 2. The van der Waals surface area contributed by atoms with Crippen LogP contribution in [0, 0.1) is 12.7 Å². The lowest BCUT2D eigenvalue weighted by molar-refractivity contribution is -0.120. The van der Waals surface area contributed by atoms with Crippen molar-refractivity contribution in [3.8, 4) is 5.75 Å². The molecule has 2 N–H and O–H groups in total. The van der Waals surface area contributed by atoms with Crippen LogP contribution in [0.1, 0.15) is 25.5 Å². The molecule has 0 radical (unpaired) electrons. The number of nitrogens with one attached hydrogen (secondary N) is 2. The average Bonchev–Trinajstić information content (AvgIpc) is 3.04. The van der Waals surface area contributed by atoms with Gasteiger partial charge >= 0.3 is 0 Å². The highest BCUT2D eigenvalue weighted by Crippen LogP contribution is 2.11. The Hall–Kier alpha value is -2.41. The number of nitrogens with zero attached hydrogens (tertiary/aromatic N) is 2. The molecule has 1 heterocycles. The molecule has 2 aromatic rings. The second-order valence-corrected chi connectivity index (χ2v) is 6.06. The molecule has 0 saturated heterocycles. The number of ether oxygens (including phenoxy) is 1. The van der Waals surface area contributed by atoms with Crippen molar-refractivity contribution in [1.29, 1.82) is 0 Å². The number of halogens is 1. The number of hydrogen-bond acceptors (Lipinski definition) is 4. The molecule has 1 aromatic heterocycles. The van der Waals surface area contributed by atoms with Crippen LogP contribution >= 0.6 is 0 Å². The summed E-state index contributed by atoms with van der Waals surface area (Å²) >= 11 is 0. The Morgan fingerprint density at radius 2 is 2.04 bits per heavy atom. The predicted octanol–water partition coefficient (Wildman–Crippen LogP) is 2.06. The van der Waals surface area contributed by atoms with E-state index in [1.807, 2.05) is 30.9 Å². The average molecular weight is 348 g/mol. The summed E-state index contributed by atoms with van der Waals surface area (Å²) in [7, 11) is 0. The summed E-state index contributed by atoms with van der Waals surface area (Å²) in [5, 5.41) is 10.3. The van der Waals surface area contributed by atoms with Gasteiger partial charge in [0.25, 0.3) is 0 Å². The Bertz CT molecular complexity index is 672. The Kier molecular flexibility index (Phi) is 6.94. The monoisotopic (exact) mass is 348 g/mol. The molecule has 0 unspecified atom stereocenters. The summed E-state index contributed by atoms with van der Waals surface area (Å²) in [4.78, 5) is 11.9. The molecular formula is C18H25FN4O2. The lowest BCUT2D eigenvalue weighted by atomic mass is 10.2. The summed E-state index contributed by atoms with van der Waals surface area (Å²) in [6.07, 6.45) is 3.80. The minimum absolute atomic E-state index is 0.0977. The third kappa shape index (κ3) is 6.19. The van der Waals surface area contributed by atoms with E-state index in [0.29, 0.717) is 18.9 Å². The normalized spacial score (nSPS) is 13.3. The zero-order valence-electron chi connectivity index (χ0n) is 14.8. The smallest absolute Gasteiger partial charge is 0.234 e. The van der Waals surface area contributed by atoms with Gasteiger partial charge in [0.1, 0.15) is 18.2 Å². The molecule has 0 saturated carbocycles. The fourth-order valence-electron chi connectivity index (χ4n) is 2.26. The summed E-state index contributed by atoms with van der Waals surface area (Å²) in [5.74, 6) is 0.171. The first-order valence-corrected chi connectivity index (χ1v) is 8.35. The minimum Gasteiger partial charge on any atom is -0.492 e. The highest BCUT2D eigenvalue weighted by molar-refractivity contribution is 5.77. The highest BCUT2D eigenvalue weighted by atomic mass is 19.1. The number of rotatable bonds is 9. The molecule has 1 aromatic carbocycles. The molecular weight excluding hydrogens is 323 g/mol. The SMILES string of the molecule is Cc1cnn([C@@H](C)[C@H](C)NCC(=O)NCCOc2ccc(F)cc2)c1. The van der Waals surface area contributed by atoms with Gasteiger partial charge in [0.15, 0.2) is 0 Å². The Morgan fingerprint density at radius 3 is 2.68 bits per heavy atom. The molecule has 0 spiro atoms. The predicted molar refractivity (Wildman–Crippen MR) is 94.0 cm³/mol. The maximum Gasteiger partial charge on any atom is 0.234 e. The van der Waals surface area contributed by atoms with Crippen LogP contribution in [0.4, 0.5) is 4.39 Å². The largest absolute Gasteiger partial charge is 0.492 e. The number of hydrogen-bond donors (Lipinski definition) is 2. The quantitative estimate of drug-likeness (QED) is 0.681. The van der Waals surface area contributed by atoms with Gasteiger partial charge in [-0.05, 0) is 50.6 Å². The van der Waals surface area contributed by atoms with E-state index in [2.05, 4.69) is 22.7 Å². The molecule has 0 aliphatic carbocycles. The molecule has 25 heavy (non-hydrogen) atoms. The fraction of sp³-hybridized carbons (Fsp3) is 0.444. The third-order valence-electron chi connectivity index (χ3n) is 3.96. The van der Waals surface area contributed by atoms with E-state index >= 15 is 0 Å². The van der Waals surface area contributed by atoms with Gasteiger partial charge in [0, 0.05) is 12.2 Å². The van der Waals surface area contributed by atoms with Crippen molar-refractivity contribution in [2.75, 3.05) is 19.7 Å². The van der Waals surface area contributed by atoms with Crippen LogP contribution in [-0.4, -0.2) is 41.4 Å². The van der Waals surface area contributed by atoms with E-state index < -0.39 is 0 Å². The van der Waals surface area contributed by atoms with Gasteiger partial charge in [-0.2, -0.15) is 5.10 Å². The van der Waals surface area contributed by atoms with Crippen LogP contribution in [0.5, 0.6) is 5.75 Å². The van der Waals surface area contributed by atoms with E-state index in [1.54, 1.807) is 12.1 Å². The minimum atomic E-state index is -0.305. The number of carbonyl (C=O) groups excluding carboxylic acids is 1. The van der Waals surface area contributed by atoms with Gasteiger partial charge in [-0.3, -0.25) is 9.48 Å². The second-order valence-electron chi connectivity index (χ2n) is 6.06. The Labute approximate surface area is 147 Å². The Balaban J connectivity index is 1.62. The van der Waals surface area contributed by atoms with E-state index in [-0.39, 0.29) is 30.4 Å². The number of amides is 1. The summed E-state index contributed by atoms with van der Waals surface area (Å²) in [5.41, 5.74) is 1.11. The highest BCUT2D eigenvalue weighted by Gasteiger charge is 2.15. The molecule has 1 amide bonds. The van der Waals surface area contributed by atoms with Crippen molar-refractivity contribution in [3.05, 3.63) is 48.0 Å². The van der Waals surface area contributed by atoms with Crippen molar-refractivity contribution in [3.63, 3.8) is 0 Å². The van der Waals surface area contributed by atoms with Crippen LogP contribution in [0.15, 0.2) is 36.7 Å². The maximum atomic E-state index is 12.8. The van der Waals surface area contributed by atoms with Crippen LogP contribution < -0.4 is 15.4 Å². The number of carbonyl (C=O) groups is 1. The maximum absolute atomic E-state index is 12.8. The summed E-state index contributed by atoms with van der Waals surface area (Å²) in [6, 6.07) is 6.02. The van der Waals surface area contributed by atoms with Crippen molar-refractivity contribution in [2.45, 2.75) is 32.9 Å². The van der Waals surface area contributed by atoms with Crippen LogP contribution in [-0.2, 0) is 4.79 Å².